The van der Waals surface area contributed by atoms with Gasteiger partial charge in [0.1, 0.15) is 0 Å². The quantitative estimate of drug-likeness (QED) is 0.927. The van der Waals surface area contributed by atoms with E-state index in [1.54, 1.807) is 0 Å². The number of carbonyl (C=O) groups is 1. The summed E-state index contributed by atoms with van der Waals surface area (Å²) in [7, 11) is 0. The second-order valence-corrected chi connectivity index (χ2v) is 7.12. The maximum absolute atomic E-state index is 12.5. The lowest BCUT2D eigenvalue weighted by Crippen LogP contribution is -2.40. The van der Waals surface area contributed by atoms with Gasteiger partial charge < -0.3 is 5.32 Å². The fourth-order valence-corrected chi connectivity index (χ4v) is 3.67. The van der Waals surface area contributed by atoms with Crippen molar-refractivity contribution in [1.29, 1.82) is 0 Å². The second-order valence-electron chi connectivity index (χ2n) is 6.49. The third-order valence-electron chi connectivity index (χ3n) is 4.49. The molecular formula is C15H23N3OS. The number of likely N-dealkylation sites (tertiary alicyclic amines) is 1. The third-order valence-corrected chi connectivity index (χ3v) is 5.14. The topological polar surface area (TPSA) is 45.2 Å². The Hall–Kier alpha value is -0.940. The summed E-state index contributed by atoms with van der Waals surface area (Å²) < 4.78 is 4.41. The van der Waals surface area contributed by atoms with Crippen LogP contribution in [-0.4, -0.2) is 40.4 Å². The molecule has 2 fully saturated rings. The van der Waals surface area contributed by atoms with Crippen LogP contribution in [0.1, 0.15) is 55.6 Å². The molecule has 3 rings (SSSR count). The number of nitrogens with one attached hydrogen (secondary N) is 1. The van der Waals surface area contributed by atoms with E-state index in [2.05, 4.69) is 35.4 Å². The van der Waals surface area contributed by atoms with Crippen molar-refractivity contribution < 1.29 is 4.79 Å². The van der Waals surface area contributed by atoms with E-state index in [9.17, 15) is 4.79 Å². The molecule has 1 aromatic heterocycles. The summed E-state index contributed by atoms with van der Waals surface area (Å²) >= 11 is 1.41. The summed E-state index contributed by atoms with van der Waals surface area (Å²) in [5, 5.41) is 5.13. The minimum atomic E-state index is 0.0723. The Morgan fingerprint density at radius 3 is 2.80 bits per heavy atom. The van der Waals surface area contributed by atoms with Crippen molar-refractivity contribution in [2.24, 2.45) is 5.92 Å². The Labute approximate surface area is 124 Å². The van der Waals surface area contributed by atoms with Crippen LogP contribution in [0.5, 0.6) is 0 Å². The summed E-state index contributed by atoms with van der Waals surface area (Å²) in [6, 6.07) is 0.807. The maximum atomic E-state index is 12.5. The molecule has 0 radical (unpaired) electrons. The Morgan fingerprint density at radius 2 is 2.20 bits per heavy atom. The van der Waals surface area contributed by atoms with Crippen molar-refractivity contribution in [3.8, 4) is 0 Å². The first-order valence-corrected chi connectivity index (χ1v) is 8.39. The lowest BCUT2D eigenvalue weighted by atomic mass is 10.1. The van der Waals surface area contributed by atoms with E-state index in [0.717, 1.165) is 24.3 Å². The van der Waals surface area contributed by atoms with Crippen LogP contribution in [0.2, 0.25) is 0 Å². The van der Waals surface area contributed by atoms with Crippen LogP contribution in [0.15, 0.2) is 5.38 Å². The van der Waals surface area contributed by atoms with E-state index in [0.29, 0.717) is 17.9 Å². The highest BCUT2D eigenvalue weighted by Crippen LogP contribution is 2.41. The van der Waals surface area contributed by atoms with E-state index in [-0.39, 0.29) is 11.9 Å². The third kappa shape index (κ3) is 2.74. The summed E-state index contributed by atoms with van der Waals surface area (Å²) in [5.74, 6) is 1.12. The van der Waals surface area contributed by atoms with Crippen molar-refractivity contribution >= 4 is 17.4 Å². The number of aromatic nitrogens is 1. The van der Waals surface area contributed by atoms with Crippen LogP contribution in [0.3, 0.4) is 0 Å². The van der Waals surface area contributed by atoms with Gasteiger partial charge in [-0.3, -0.25) is 9.69 Å². The molecule has 5 heteroatoms. The molecule has 0 aromatic carbocycles. The smallest absolute Gasteiger partial charge is 0.254 e. The van der Waals surface area contributed by atoms with E-state index in [1.807, 2.05) is 5.38 Å². The van der Waals surface area contributed by atoms with Crippen molar-refractivity contribution in [2.75, 3.05) is 13.1 Å². The van der Waals surface area contributed by atoms with E-state index < -0.39 is 0 Å². The van der Waals surface area contributed by atoms with Crippen molar-refractivity contribution in [2.45, 2.75) is 51.6 Å². The Morgan fingerprint density at radius 1 is 1.45 bits per heavy atom. The predicted octanol–water partition coefficient (Wildman–Crippen LogP) is 2.48. The van der Waals surface area contributed by atoms with Crippen LogP contribution < -0.4 is 5.32 Å². The Balaban J connectivity index is 1.65. The first kappa shape index (κ1) is 14.0. The fourth-order valence-electron chi connectivity index (χ4n) is 2.93. The molecule has 110 valence electrons. The molecule has 1 saturated heterocycles. The van der Waals surface area contributed by atoms with Gasteiger partial charge >= 0.3 is 0 Å². The van der Waals surface area contributed by atoms with Gasteiger partial charge in [-0.15, -0.1) is 0 Å². The molecule has 1 amide bonds. The normalized spacial score (nSPS) is 27.2. The lowest BCUT2D eigenvalue weighted by molar-refractivity contribution is 0.0930. The number of nitrogens with zero attached hydrogens (tertiary/aromatic N) is 2. The maximum Gasteiger partial charge on any atom is 0.254 e. The second kappa shape index (κ2) is 5.45. The zero-order valence-electron chi connectivity index (χ0n) is 12.4. The van der Waals surface area contributed by atoms with E-state index in [1.165, 1.54) is 24.4 Å². The molecular weight excluding hydrogens is 270 g/mol. The highest BCUT2D eigenvalue weighted by atomic mass is 32.1. The average molecular weight is 293 g/mol. The number of rotatable bonds is 4. The minimum absolute atomic E-state index is 0.0723. The van der Waals surface area contributed by atoms with Crippen LogP contribution in [0.4, 0.5) is 0 Å². The number of amides is 1. The molecule has 0 bridgehead atoms. The first-order chi connectivity index (χ1) is 9.56. The molecule has 2 aliphatic rings. The molecule has 20 heavy (non-hydrogen) atoms. The molecule has 2 heterocycles. The van der Waals surface area contributed by atoms with Gasteiger partial charge in [0.15, 0.2) is 0 Å². The van der Waals surface area contributed by atoms with Gasteiger partial charge in [0.05, 0.1) is 11.3 Å². The fraction of sp³-hybridized carbons (Fsp3) is 0.733. The van der Waals surface area contributed by atoms with Crippen LogP contribution in [-0.2, 0) is 0 Å². The SMILES string of the molecule is CC(C)N1C[C@@H](C)[C@@H](NC(=O)c2csnc2C2CC2)C1. The van der Waals surface area contributed by atoms with Gasteiger partial charge in [-0.25, -0.2) is 0 Å². The average Bonchev–Trinajstić information content (AvgIpc) is 3.01. The lowest BCUT2D eigenvalue weighted by Gasteiger charge is -2.20. The van der Waals surface area contributed by atoms with Gasteiger partial charge in [-0.1, -0.05) is 6.92 Å². The van der Waals surface area contributed by atoms with Crippen LogP contribution in [0.25, 0.3) is 0 Å². The van der Waals surface area contributed by atoms with Crippen LogP contribution in [0, 0.1) is 5.92 Å². The monoisotopic (exact) mass is 293 g/mol. The molecule has 1 aromatic rings. The summed E-state index contributed by atoms with van der Waals surface area (Å²) in [6.07, 6.45) is 2.37. The van der Waals surface area contributed by atoms with Crippen molar-refractivity contribution in [1.82, 2.24) is 14.6 Å². The Bertz CT molecular complexity index is 495. The first-order valence-electron chi connectivity index (χ1n) is 7.55. The number of carbonyl (C=O) groups excluding carboxylic acids is 1. The molecule has 0 unspecified atom stereocenters. The van der Waals surface area contributed by atoms with Crippen LogP contribution >= 0.6 is 11.5 Å². The zero-order chi connectivity index (χ0) is 14.3. The van der Waals surface area contributed by atoms with Gasteiger partial charge in [0.2, 0.25) is 0 Å². The summed E-state index contributed by atoms with van der Waals surface area (Å²) in [6.45, 7) is 8.68. The Kier molecular flexibility index (Phi) is 3.82. The highest BCUT2D eigenvalue weighted by molar-refractivity contribution is 7.04. The van der Waals surface area contributed by atoms with Gasteiger partial charge in [-0.05, 0) is 44.1 Å². The largest absolute Gasteiger partial charge is 0.348 e. The number of hydrogen-bond acceptors (Lipinski definition) is 4. The molecule has 1 aliphatic carbocycles. The standard InChI is InChI=1S/C15H23N3OS/c1-9(2)18-6-10(3)13(7-18)16-15(19)12-8-20-17-14(12)11-4-5-11/h8-11,13H,4-7H2,1-3H3,(H,16,19)/t10-,13+/m1/s1. The molecule has 2 atom stereocenters. The molecule has 1 N–H and O–H groups in total. The molecule has 4 nitrogen and oxygen atoms in total. The molecule has 1 saturated carbocycles. The highest BCUT2D eigenvalue weighted by Gasteiger charge is 2.34. The predicted molar refractivity (Wildman–Crippen MR) is 81.2 cm³/mol. The van der Waals surface area contributed by atoms with Crippen molar-refractivity contribution in [3.05, 3.63) is 16.6 Å². The minimum Gasteiger partial charge on any atom is -0.348 e. The number of hydrogen-bond donors (Lipinski definition) is 1. The van der Waals surface area contributed by atoms with Gasteiger partial charge in [0.25, 0.3) is 5.91 Å². The van der Waals surface area contributed by atoms with Crippen molar-refractivity contribution in [3.63, 3.8) is 0 Å². The summed E-state index contributed by atoms with van der Waals surface area (Å²) in [5.41, 5.74) is 1.84. The molecule has 1 aliphatic heterocycles. The van der Waals surface area contributed by atoms with E-state index >= 15 is 0 Å². The van der Waals surface area contributed by atoms with E-state index in [4.69, 9.17) is 0 Å². The van der Waals surface area contributed by atoms with Gasteiger partial charge in [-0.2, -0.15) is 4.37 Å². The zero-order valence-corrected chi connectivity index (χ0v) is 13.2. The van der Waals surface area contributed by atoms with Gasteiger partial charge in [0, 0.05) is 36.5 Å². The summed E-state index contributed by atoms with van der Waals surface area (Å²) in [4.78, 5) is 14.9. The molecule has 0 spiro atoms.